The van der Waals surface area contributed by atoms with Crippen molar-refractivity contribution in [1.29, 1.82) is 0 Å². The number of anilines is 1. The Hall–Kier alpha value is -2.90. The van der Waals surface area contributed by atoms with Gasteiger partial charge < -0.3 is 19.9 Å². The Morgan fingerprint density at radius 1 is 1.40 bits per heavy atom. The van der Waals surface area contributed by atoms with Crippen LogP contribution in [0.25, 0.3) is 10.9 Å². The fourth-order valence-corrected chi connectivity index (χ4v) is 3.82. The molecule has 0 bridgehead atoms. The first-order valence-corrected chi connectivity index (χ1v) is 8.03. The van der Waals surface area contributed by atoms with Gasteiger partial charge in [-0.25, -0.2) is 9.18 Å². The molecule has 4 rings (SSSR count). The number of aromatic carboxylic acids is 1. The lowest BCUT2D eigenvalue weighted by Gasteiger charge is -2.30. The van der Waals surface area contributed by atoms with Gasteiger partial charge >= 0.3 is 5.97 Å². The summed E-state index contributed by atoms with van der Waals surface area (Å²) < 4.78 is 16.6. The van der Waals surface area contributed by atoms with E-state index in [9.17, 15) is 23.9 Å². The second-order valence-electron chi connectivity index (χ2n) is 6.49. The molecule has 0 spiro atoms. The van der Waals surface area contributed by atoms with Gasteiger partial charge in [-0.1, -0.05) is 0 Å². The Morgan fingerprint density at radius 2 is 2.16 bits per heavy atom. The van der Waals surface area contributed by atoms with Gasteiger partial charge in [0.05, 0.1) is 17.7 Å². The number of carboxylic acid groups (broad SMARTS) is 1. The summed E-state index contributed by atoms with van der Waals surface area (Å²) in [5.41, 5.74) is 0.506. The summed E-state index contributed by atoms with van der Waals surface area (Å²) in [5, 5.41) is 12.0. The average molecular weight is 345 g/mol. The standard InChI is InChI=1S/C17H16FN3O4/c1-8-4-9-14-10(16(23)11(17(24)25)6-21(8)14)5-12(18)15(9)20-3-2-19-13(22)7-20/h5-6,8H,2-4,7H2,1H3,(H,19,22)(H,24,25). The molecular formula is C17H16FN3O4. The first-order valence-electron chi connectivity index (χ1n) is 8.03. The minimum Gasteiger partial charge on any atom is -0.477 e. The van der Waals surface area contributed by atoms with Crippen molar-refractivity contribution in [1.82, 2.24) is 9.88 Å². The Kier molecular flexibility index (Phi) is 3.31. The molecule has 2 N–H and O–H groups in total. The fraction of sp³-hybridized carbons (Fsp3) is 0.353. The highest BCUT2D eigenvalue weighted by molar-refractivity contribution is 5.96. The van der Waals surface area contributed by atoms with Gasteiger partial charge in [0.1, 0.15) is 11.4 Å². The number of pyridine rings is 1. The van der Waals surface area contributed by atoms with E-state index in [0.717, 1.165) is 6.07 Å². The molecule has 2 aromatic rings. The number of carbonyl (C=O) groups excluding carboxylic acids is 1. The van der Waals surface area contributed by atoms with E-state index in [1.54, 1.807) is 9.47 Å². The highest BCUT2D eigenvalue weighted by Gasteiger charge is 2.31. The third-order valence-corrected chi connectivity index (χ3v) is 4.90. The van der Waals surface area contributed by atoms with Gasteiger partial charge in [0, 0.05) is 36.3 Å². The van der Waals surface area contributed by atoms with Crippen LogP contribution in [0.3, 0.4) is 0 Å². The van der Waals surface area contributed by atoms with Crippen molar-refractivity contribution >= 4 is 28.5 Å². The molecule has 25 heavy (non-hydrogen) atoms. The van der Waals surface area contributed by atoms with Crippen molar-refractivity contribution in [3.05, 3.63) is 39.4 Å². The Morgan fingerprint density at radius 3 is 2.84 bits per heavy atom. The van der Waals surface area contributed by atoms with Gasteiger partial charge in [-0.05, 0) is 19.4 Å². The largest absolute Gasteiger partial charge is 0.477 e. The first kappa shape index (κ1) is 15.6. The second-order valence-corrected chi connectivity index (χ2v) is 6.49. The molecule has 8 heteroatoms. The monoisotopic (exact) mass is 345 g/mol. The lowest BCUT2D eigenvalue weighted by Crippen LogP contribution is -2.48. The number of amides is 1. The zero-order valence-electron chi connectivity index (χ0n) is 13.5. The number of nitrogens with one attached hydrogen (secondary N) is 1. The van der Waals surface area contributed by atoms with Crippen LogP contribution >= 0.6 is 0 Å². The molecule has 1 amide bonds. The zero-order chi connectivity index (χ0) is 17.9. The summed E-state index contributed by atoms with van der Waals surface area (Å²) in [5.74, 6) is -2.10. The number of benzene rings is 1. The van der Waals surface area contributed by atoms with Gasteiger partial charge in [0.15, 0.2) is 0 Å². The maximum Gasteiger partial charge on any atom is 0.341 e. The van der Waals surface area contributed by atoms with E-state index in [0.29, 0.717) is 36.3 Å². The number of carbonyl (C=O) groups is 2. The predicted molar refractivity (Wildman–Crippen MR) is 88.8 cm³/mol. The normalized spacial score (nSPS) is 19.4. The van der Waals surface area contributed by atoms with E-state index in [-0.39, 0.29) is 29.4 Å². The molecule has 2 aliphatic heterocycles. The Bertz CT molecular complexity index is 998. The molecule has 2 aliphatic rings. The van der Waals surface area contributed by atoms with Gasteiger partial charge in [-0.2, -0.15) is 0 Å². The van der Waals surface area contributed by atoms with Gasteiger partial charge in [0.2, 0.25) is 11.3 Å². The van der Waals surface area contributed by atoms with Gasteiger partial charge in [-0.15, -0.1) is 0 Å². The first-order chi connectivity index (χ1) is 11.9. The minimum absolute atomic E-state index is 0.0568. The maximum absolute atomic E-state index is 14.9. The smallest absolute Gasteiger partial charge is 0.341 e. The van der Waals surface area contributed by atoms with Crippen LogP contribution in [0, 0.1) is 5.82 Å². The summed E-state index contributed by atoms with van der Waals surface area (Å²) in [6.07, 6.45) is 1.81. The number of hydrogen-bond donors (Lipinski definition) is 2. The van der Waals surface area contributed by atoms with E-state index in [4.69, 9.17) is 0 Å². The second kappa shape index (κ2) is 5.30. The molecule has 1 saturated heterocycles. The number of nitrogens with zero attached hydrogens (tertiary/aromatic N) is 2. The number of halogens is 1. The van der Waals surface area contributed by atoms with Crippen LogP contribution in [0.1, 0.15) is 28.9 Å². The molecule has 0 aliphatic carbocycles. The lowest BCUT2D eigenvalue weighted by molar-refractivity contribution is -0.120. The van der Waals surface area contributed by atoms with E-state index in [1.807, 2.05) is 6.92 Å². The molecule has 1 fully saturated rings. The molecule has 1 atom stereocenters. The minimum atomic E-state index is -1.33. The summed E-state index contributed by atoms with van der Waals surface area (Å²) >= 11 is 0. The van der Waals surface area contributed by atoms with Gasteiger partial charge in [0.25, 0.3) is 0 Å². The fourth-order valence-electron chi connectivity index (χ4n) is 3.82. The lowest BCUT2D eigenvalue weighted by atomic mass is 10.0. The van der Waals surface area contributed by atoms with E-state index < -0.39 is 17.2 Å². The quantitative estimate of drug-likeness (QED) is 0.844. The van der Waals surface area contributed by atoms with E-state index in [1.165, 1.54) is 6.20 Å². The molecule has 1 aromatic heterocycles. The number of piperazine rings is 1. The number of rotatable bonds is 2. The van der Waals surface area contributed by atoms with Crippen molar-refractivity contribution in [2.45, 2.75) is 19.4 Å². The van der Waals surface area contributed by atoms with Crippen LogP contribution in [0.2, 0.25) is 0 Å². The van der Waals surface area contributed by atoms with Crippen LogP contribution in [-0.4, -0.2) is 41.2 Å². The van der Waals surface area contributed by atoms with Crippen molar-refractivity contribution in [3.63, 3.8) is 0 Å². The summed E-state index contributed by atoms with van der Waals surface area (Å²) in [4.78, 5) is 37.2. The van der Waals surface area contributed by atoms with Crippen molar-refractivity contribution in [2.75, 3.05) is 24.5 Å². The zero-order valence-corrected chi connectivity index (χ0v) is 13.5. The van der Waals surface area contributed by atoms with Crippen LogP contribution in [0.15, 0.2) is 17.1 Å². The molecule has 0 radical (unpaired) electrons. The van der Waals surface area contributed by atoms with Crippen LogP contribution in [0.5, 0.6) is 0 Å². The highest BCUT2D eigenvalue weighted by atomic mass is 19.1. The summed E-state index contributed by atoms with van der Waals surface area (Å²) in [7, 11) is 0. The Balaban J connectivity index is 2.02. The average Bonchev–Trinajstić information content (AvgIpc) is 2.87. The SMILES string of the molecule is CC1Cc2c(N3CCNC(=O)C3)c(F)cc3c(=O)c(C(=O)O)cn1c23. The van der Waals surface area contributed by atoms with E-state index in [2.05, 4.69) is 5.32 Å². The molecular weight excluding hydrogens is 329 g/mol. The van der Waals surface area contributed by atoms with Crippen LogP contribution < -0.4 is 15.6 Å². The van der Waals surface area contributed by atoms with Gasteiger partial charge in [-0.3, -0.25) is 9.59 Å². The topological polar surface area (TPSA) is 91.6 Å². The summed E-state index contributed by atoms with van der Waals surface area (Å²) in [6, 6.07) is 1.000. The Labute approximate surface area is 141 Å². The highest BCUT2D eigenvalue weighted by Crippen LogP contribution is 2.39. The number of hydrogen-bond acceptors (Lipinski definition) is 4. The molecule has 7 nitrogen and oxygen atoms in total. The molecule has 1 unspecified atom stereocenters. The summed E-state index contributed by atoms with van der Waals surface area (Å²) in [6.45, 7) is 2.85. The van der Waals surface area contributed by atoms with Crippen molar-refractivity contribution in [2.24, 2.45) is 0 Å². The predicted octanol–water partition coefficient (Wildman–Crippen LogP) is 0.892. The molecule has 130 valence electrons. The third-order valence-electron chi connectivity index (χ3n) is 4.90. The van der Waals surface area contributed by atoms with Crippen molar-refractivity contribution < 1.29 is 19.1 Å². The molecule has 0 saturated carbocycles. The number of aromatic nitrogens is 1. The molecule has 1 aromatic carbocycles. The number of carboxylic acids is 1. The van der Waals surface area contributed by atoms with Crippen LogP contribution in [0.4, 0.5) is 10.1 Å². The maximum atomic E-state index is 14.9. The van der Waals surface area contributed by atoms with Crippen molar-refractivity contribution in [3.8, 4) is 0 Å². The van der Waals surface area contributed by atoms with Crippen LogP contribution in [-0.2, 0) is 11.2 Å². The molecule has 3 heterocycles. The van der Waals surface area contributed by atoms with E-state index >= 15 is 0 Å². The third kappa shape index (κ3) is 2.20.